The Labute approximate surface area is 155 Å². The summed E-state index contributed by atoms with van der Waals surface area (Å²) in [7, 11) is 0. The molecule has 1 aromatic rings. The largest absolute Gasteiger partial charge is 0.378 e. The maximum Gasteiger partial charge on any atom is 0.225 e. The summed E-state index contributed by atoms with van der Waals surface area (Å²) in [5.74, 6) is 3.41. The summed E-state index contributed by atoms with van der Waals surface area (Å²) in [6.45, 7) is 8.48. The lowest BCUT2D eigenvalue weighted by Crippen LogP contribution is -2.50. The molecule has 0 N–H and O–H groups in total. The third-order valence-electron chi connectivity index (χ3n) is 5.77. The first-order valence-corrected chi connectivity index (χ1v) is 9.93. The number of aromatic nitrogens is 2. The molecule has 7 nitrogen and oxygen atoms in total. The second-order valence-corrected chi connectivity index (χ2v) is 7.52. The molecule has 3 heterocycles. The van der Waals surface area contributed by atoms with Gasteiger partial charge in [0.05, 0.1) is 13.2 Å². The van der Waals surface area contributed by atoms with Crippen LogP contribution < -0.4 is 9.80 Å². The van der Waals surface area contributed by atoms with Crippen LogP contribution in [0.5, 0.6) is 0 Å². The highest BCUT2D eigenvalue weighted by Gasteiger charge is 2.30. The van der Waals surface area contributed by atoms with Gasteiger partial charge in [-0.3, -0.25) is 4.79 Å². The average Bonchev–Trinajstić information content (AvgIpc) is 3.22. The van der Waals surface area contributed by atoms with Gasteiger partial charge < -0.3 is 19.4 Å². The third-order valence-corrected chi connectivity index (χ3v) is 5.77. The SMILES string of the molecule is Cc1nc(N2CCOCC2)cc(N2CCN(C(=O)C3CCCC3)CC2)n1. The zero-order valence-electron chi connectivity index (χ0n) is 15.7. The van der Waals surface area contributed by atoms with Gasteiger partial charge in [-0.15, -0.1) is 0 Å². The number of amides is 1. The highest BCUT2D eigenvalue weighted by Crippen LogP contribution is 2.27. The number of carbonyl (C=O) groups is 1. The van der Waals surface area contributed by atoms with Gasteiger partial charge >= 0.3 is 0 Å². The van der Waals surface area contributed by atoms with Crippen molar-refractivity contribution in [2.24, 2.45) is 5.92 Å². The molecule has 0 spiro atoms. The van der Waals surface area contributed by atoms with Gasteiger partial charge in [-0.2, -0.15) is 0 Å². The molecule has 0 unspecified atom stereocenters. The zero-order valence-corrected chi connectivity index (χ0v) is 15.7. The Hall–Kier alpha value is -1.89. The standard InChI is InChI=1S/C19H29N5O2/c1-15-20-17(14-18(21-15)23-10-12-26-13-11-23)22-6-8-24(9-7-22)19(25)16-4-2-3-5-16/h14,16H,2-13H2,1H3. The van der Waals surface area contributed by atoms with Crippen LogP contribution in [0.3, 0.4) is 0 Å². The highest BCUT2D eigenvalue weighted by molar-refractivity contribution is 5.79. The van der Waals surface area contributed by atoms with Crippen molar-refractivity contribution in [1.29, 1.82) is 0 Å². The van der Waals surface area contributed by atoms with Gasteiger partial charge in [0.2, 0.25) is 5.91 Å². The van der Waals surface area contributed by atoms with Crippen LogP contribution in [-0.4, -0.2) is 73.3 Å². The number of anilines is 2. The smallest absolute Gasteiger partial charge is 0.225 e. The first-order valence-electron chi connectivity index (χ1n) is 9.93. The van der Waals surface area contributed by atoms with E-state index in [2.05, 4.69) is 30.7 Å². The van der Waals surface area contributed by atoms with E-state index in [1.54, 1.807) is 0 Å². The number of piperazine rings is 1. The summed E-state index contributed by atoms with van der Waals surface area (Å²) < 4.78 is 5.44. The minimum absolute atomic E-state index is 0.274. The second kappa shape index (κ2) is 7.78. The summed E-state index contributed by atoms with van der Waals surface area (Å²) in [6, 6.07) is 2.09. The summed E-state index contributed by atoms with van der Waals surface area (Å²) in [5, 5.41) is 0. The molecule has 0 bridgehead atoms. The van der Waals surface area contributed by atoms with Crippen LogP contribution in [0, 0.1) is 12.8 Å². The molecule has 3 fully saturated rings. The molecule has 3 aliphatic rings. The quantitative estimate of drug-likeness (QED) is 0.814. The van der Waals surface area contributed by atoms with E-state index < -0.39 is 0 Å². The van der Waals surface area contributed by atoms with Crippen molar-refractivity contribution in [3.63, 3.8) is 0 Å². The molecule has 142 valence electrons. The number of carbonyl (C=O) groups excluding carboxylic acids is 1. The molecule has 7 heteroatoms. The molecular weight excluding hydrogens is 330 g/mol. The first-order chi connectivity index (χ1) is 12.7. The lowest BCUT2D eigenvalue weighted by Gasteiger charge is -2.37. The van der Waals surface area contributed by atoms with E-state index >= 15 is 0 Å². The maximum atomic E-state index is 12.6. The maximum absolute atomic E-state index is 12.6. The Morgan fingerprint density at radius 1 is 0.962 bits per heavy atom. The van der Waals surface area contributed by atoms with Crippen molar-refractivity contribution < 1.29 is 9.53 Å². The van der Waals surface area contributed by atoms with Crippen LogP contribution in [0.1, 0.15) is 31.5 Å². The number of hydrogen-bond acceptors (Lipinski definition) is 6. The van der Waals surface area contributed by atoms with Crippen LogP contribution in [-0.2, 0) is 9.53 Å². The third kappa shape index (κ3) is 3.77. The van der Waals surface area contributed by atoms with E-state index in [-0.39, 0.29) is 5.92 Å². The molecule has 2 aliphatic heterocycles. The number of nitrogens with zero attached hydrogens (tertiary/aromatic N) is 5. The molecule has 0 aromatic carbocycles. The Balaban J connectivity index is 1.40. The van der Waals surface area contributed by atoms with Gasteiger partial charge in [-0.05, 0) is 19.8 Å². The second-order valence-electron chi connectivity index (χ2n) is 7.52. The van der Waals surface area contributed by atoms with Crippen molar-refractivity contribution in [3.05, 3.63) is 11.9 Å². The Bertz CT molecular complexity index is 633. The molecular formula is C19H29N5O2. The minimum Gasteiger partial charge on any atom is -0.378 e. The summed E-state index contributed by atoms with van der Waals surface area (Å²) in [6.07, 6.45) is 4.57. The fraction of sp³-hybridized carbons (Fsp3) is 0.737. The molecule has 1 saturated carbocycles. The fourth-order valence-corrected chi connectivity index (χ4v) is 4.24. The summed E-state index contributed by atoms with van der Waals surface area (Å²) in [4.78, 5) is 28.5. The number of hydrogen-bond donors (Lipinski definition) is 0. The van der Waals surface area contributed by atoms with Gasteiger partial charge in [0, 0.05) is 51.3 Å². The fourth-order valence-electron chi connectivity index (χ4n) is 4.24. The van der Waals surface area contributed by atoms with E-state index in [4.69, 9.17) is 4.74 Å². The first kappa shape index (κ1) is 17.5. The lowest BCUT2D eigenvalue weighted by molar-refractivity contribution is -0.135. The summed E-state index contributed by atoms with van der Waals surface area (Å²) in [5.41, 5.74) is 0. The van der Waals surface area contributed by atoms with Crippen LogP contribution in [0.2, 0.25) is 0 Å². The van der Waals surface area contributed by atoms with Crippen molar-refractivity contribution >= 4 is 17.5 Å². The lowest BCUT2D eigenvalue weighted by atomic mass is 10.1. The molecule has 1 amide bonds. The van der Waals surface area contributed by atoms with Crippen LogP contribution in [0.15, 0.2) is 6.07 Å². The Morgan fingerprint density at radius 3 is 2.15 bits per heavy atom. The van der Waals surface area contributed by atoms with Gasteiger partial charge in [-0.25, -0.2) is 9.97 Å². The number of rotatable bonds is 3. The molecule has 26 heavy (non-hydrogen) atoms. The Morgan fingerprint density at radius 2 is 1.54 bits per heavy atom. The average molecular weight is 359 g/mol. The molecule has 1 aromatic heterocycles. The predicted octanol–water partition coefficient (Wildman–Crippen LogP) is 1.46. The number of aryl methyl sites for hydroxylation is 1. The van der Waals surface area contributed by atoms with Crippen molar-refractivity contribution in [2.45, 2.75) is 32.6 Å². The highest BCUT2D eigenvalue weighted by atomic mass is 16.5. The van der Waals surface area contributed by atoms with Crippen molar-refractivity contribution in [1.82, 2.24) is 14.9 Å². The predicted molar refractivity (Wildman–Crippen MR) is 101 cm³/mol. The van der Waals surface area contributed by atoms with Crippen LogP contribution in [0.25, 0.3) is 0 Å². The Kier molecular flexibility index (Phi) is 5.24. The van der Waals surface area contributed by atoms with Gasteiger partial charge in [-0.1, -0.05) is 12.8 Å². The van der Waals surface area contributed by atoms with E-state index in [1.165, 1.54) is 12.8 Å². The van der Waals surface area contributed by atoms with Crippen LogP contribution >= 0.6 is 0 Å². The zero-order chi connectivity index (χ0) is 17.9. The van der Waals surface area contributed by atoms with Crippen molar-refractivity contribution in [3.8, 4) is 0 Å². The molecule has 0 atom stereocenters. The van der Waals surface area contributed by atoms with Gasteiger partial charge in [0.1, 0.15) is 17.5 Å². The number of ether oxygens (including phenoxy) is 1. The van der Waals surface area contributed by atoms with E-state index in [0.717, 1.165) is 82.8 Å². The topological polar surface area (TPSA) is 61.8 Å². The minimum atomic E-state index is 0.274. The molecule has 1 aliphatic carbocycles. The summed E-state index contributed by atoms with van der Waals surface area (Å²) >= 11 is 0. The van der Waals surface area contributed by atoms with Gasteiger partial charge in [0.25, 0.3) is 0 Å². The molecule has 4 rings (SSSR count). The van der Waals surface area contributed by atoms with Crippen LogP contribution in [0.4, 0.5) is 11.6 Å². The molecule has 0 radical (unpaired) electrons. The van der Waals surface area contributed by atoms with E-state index in [1.807, 2.05) is 6.92 Å². The monoisotopic (exact) mass is 359 g/mol. The van der Waals surface area contributed by atoms with Crippen molar-refractivity contribution in [2.75, 3.05) is 62.3 Å². The van der Waals surface area contributed by atoms with Gasteiger partial charge in [0.15, 0.2) is 0 Å². The number of morpholine rings is 1. The molecule has 2 saturated heterocycles. The normalized spacial score (nSPS) is 22.1. The van der Waals surface area contributed by atoms with E-state index in [0.29, 0.717) is 5.91 Å². The van der Waals surface area contributed by atoms with E-state index in [9.17, 15) is 4.79 Å².